The molecule has 0 fully saturated rings. The van der Waals surface area contributed by atoms with Crippen molar-refractivity contribution in [3.8, 4) is 5.75 Å². The van der Waals surface area contributed by atoms with Gasteiger partial charge in [-0.25, -0.2) is 0 Å². The molecular formula is C31H32O. The lowest BCUT2D eigenvalue weighted by molar-refractivity contribution is 0.462. The van der Waals surface area contributed by atoms with Crippen LogP contribution in [-0.2, 0) is 0 Å². The van der Waals surface area contributed by atoms with Crippen molar-refractivity contribution in [1.82, 2.24) is 0 Å². The van der Waals surface area contributed by atoms with Crippen molar-refractivity contribution >= 4 is 0 Å². The highest BCUT2D eigenvalue weighted by Crippen LogP contribution is 2.44. The Bertz CT molecular complexity index is 1160. The average Bonchev–Trinajstić information content (AvgIpc) is 2.85. The third-order valence-corrected chi connectivity index (χ3v) is 6.93. The summed E-state index contributed by atoms with van der Waals surface area (Å²) in [5, 5.41) is 11.4. The van der Waals surface area contributed by atoms with E-state index in [0.29, 0.717) is 5.75 Å². The van der Waals surface area contributed by atoms with E-state index >= 15 is 0 Å². The Morgan fingerprint density at radius 1 is 0.531 bits per heavy atom. The molecule has 0 aromatic heterocycles. The average molecular weight is 421 g/mol. The van der Waals surface area contributed by atoms with Crippen LogP contribution >= 0.6 is 0 Å². The molecular weight excluding hydrogens is 388 g/mol. The maximum absolute atomic E-state index is 11.4. The number of phenols is 1. The van der Waals surface area contributed by atoms with Gasteiger partial charge in [-0.05, 0) is 46.4 Å². The fourth-order valence-corrected chi connectivity index (χ4v) is 5.03. The van der Waals surface area contributed by atoms with Crippen LogP contribution in [0.1, 0.15) is 77.5 Å². The molecule has 0 saturated carbocycles. The Balaban J connectivity index is 1.93. The molecule has 0 radical (unpaired) electrons. The highest BCUT2D eigenvalue weighted by molar-refractivity contribution is 5.57. The first-order chi connectivity index (χ1) is 15.5. The quantitative estimate of drug-likeness (QED) is 0.333. The van der Waals surface area contributed by atoms with Crippen molar-refractivity contribution in [1.29, 1.82) is 0 Å². The zero-order valence-electron chi connectivity index (χ0n) is 19.4. The van der Waals surface area contributed by atoms with Crippen molar-refractivity contribution in [3.63, 3.8) is 0 Å². The fourth-order valence-electron chi connectivity index (χ4n) is 5.03. The lowest BCUT2D eigenvalue weighted by Gasteiger charge is -2.28. The van der Waals surface area contributed by atoms with E-state index in [1.54, 1.807) is 0 Å². The Labute approximate surface area is 192 Å². The number of aromatic hydroxyl groups is 1. The number of benzene rings is 4. The van der Waals surface area contributed by atoms with Crippen molar-refractivity contribution < 1.29 is 5.11 Å². The zero-order valence-corrected chi connectivity index (χ0v) is 19.4. The van der Waals surface area contributed by atoms with E-state index < -0.39 is 0 Å². The van der Waals surface area contributed by atoms with E-state index in [1.165, 1.54) is 33.4 Å². The molecule has 0 heterocycles. The van der Waals surface area contributed by atoms with Crippen LogP contribution in [0.15, 0.2) is 97.1 Å². The second kappa shape index (κ2) is 9.44. The number of hydrogen-bond donors (Lipinski definition) is 1. The standard InChI is InChI=1S/C31H32O/c1-21(25-14-8-5-9-15-25)28-20-29(32)31(23(3)27-18-12-7-13-19-27)30(24(28)4)22(2)26-16-10-6-11-17-26/h5-23,32H,1-4H3. The summed E-state index contributed by atoms with van der Waals surface area (Å²) < 4.78 is 0. The molecule has 0 saturated heterocycles. The summed E-state index contributed by atoms with van der Waals surface area (Å²) in [6.45, 7) is 8.92. The number of hydrogen-bond acceptors (Lipinski definition) is 1. The molecule has 0 bridgehead atoms. The van der Waals surface area contributed by atoms with E-state index in [1.807, 2.05) is 18.2 Å². The highest BCUT2D eigenvalue weighted by Gasteiger charge is 2.27. The van der Waals surface area contributed by atoms with Gasteiger partial charge in [0.1, 0.15) is 5.75 Å². The van der Waals surface area contributed by atoms with E-state index in [-0.39, 0.29) is 17.8 Å². The van der Waals surface area contributed by atoms with Gasteiger partial charge >= 0.3 is 0 Å². The van der Waals surface area contributed by atoms with Crippen LogP contribution in [0, 0.1) is 6.92 Å². The Hall–Kier alpha value is -3.32. The van der Waals surface area contributed by atoms with Gasteiger partial charge in [-0.1, -0.05) is 112 Å². The summed E-state index contributed by atoms with van der Waals surface area (Å²) in [5.41, 5.74) is 8.48. The van der Waals surface area contributed by atoms with Crippen LogP contribution in [0.4, 0.5) is 0 Å². The molecule has 3 atom stereocenters. The minimum absolute atomic E-state index is 0.0946. The Morgan fingerprint density at radius 2 is 0.906 bits per heavy atom. The maximum atomic E-state index is 11.4. The third-order valence-electron chi connectivity index (χ3n) is 6.93. The summed E-state index contributed by atoms with van der Waals surface area (Å²) in [6.07, 6.45) is 0. The molecule has 1 N–H and O–H groups in total. The monoisotopic (exact) mass is 420 g/mol. The van der Waals surface area contributed by atoms with Crippen LogP contribution in [0.2, 0.25) is 0 Å². The van der Waals surface area contributed by atoms with Gasteiger partial charge in [-0.2, -0.15) is 0 Å². The summed E-state index contributed by atoms with van der Waals surface area (Å²) >= 11 is 0. The second-order valence-corrected chi connectivity index (χ2v) is 8.83. The van der Waals surface area contributed by atoms with Crippen molar-refractivity contribution in [3.05, 3.63) is 136 Å². The van der Waals surface area contributed by atoms with Gasteiger partial charge in [0.25, 0.3) is 0 Å². The molecule has 0 aliphatic rings. The normalized spacial score (nSPS) is 14.0. The van der Waals surface area contributed by atoms with Gasteiger partial charge in [0.15, 0.2) is 0 Å². The first-order valence-corrected chi connectivity index (χ1v) is 11.5. The van der Waals surface area contributed by atoms with E-state index in [0.717, 1.165) is 5.56 Å². The molecule has 0 spiro atoms. The SMILES string of the molecule is Cc1c(C(C)c2ccccc2)cc(O)c(C(C)c2ccccc2)c1C(C)c1ccccc1. The highest BCUT2D eigenvalue weighted by atomic mass is 16.3. The van der Waals surface area contributed by atoms with E-state index in [9.17, 15) is 5.11 Å². The minimum atomic E-state index is 0.0946. The zero-order chi connectivity index (χ0) is 22.7. The molecule has 1 nitrogen and oxygen atoms in total. The molecule has 1 heteroatoms. The van der Waals surface area contributed by atoms with E-state index in [2.05, 4.69) is 107 Å². The predicted molar refractivity (Wildman–Crippen MR) is 135 cm³/mol. The van der Waals surface area contributed by atoms with Crippen LogP contribution in [0.25, 0.3) is 0 Å². The molecule has 32 heavy (non-hydrogen) atoms. The van der Waals surface area contributed by atoms with Crippen LogP contribution in [0.3, 0.4) is 0 Å². The van der Waals surface area contributed by atoms with Gasteiger partial charge in [-0.15, -0.1) is 0 Å². The van der Waals surface area contributed by atoms with Gasteiger partial charge in [0.2, 0.25) is 0 Å². The number of phenolic OH excluding ortho intramolecular Hbond substituents is 1. The van der Waals surface area contributed by atoms with Crippen LogP contribution in [-0.4, -0.2) is 5.11 Å². The third kappa shape index (κ3) is 4.21. The lowest BCUT2D eigenvalue weighted by atomic mass is 9.76. The summed E-state index contributed by atoms with van der Waals surface area (Å²) in [5.74, 6) is 0.857. The summed E-state index contributed by atoms with van der Waals surface area (Å²) in [7, 11) is 0. The molecule has 0 amide bonds. The fraction of sp³-hybridized carbons (Fsp3) is 0.226. The van der Waals surface area contributed by atoms with Gasteiger partial charge in [-0.3, -0.25) is 0 Å². The minimum Gasteiger partial charge on any atom is -0.508 e. The van der Waals surface area contributed by atoms with Crippen LogP contribution < -0.4 is 0 Å². The first-order valence-electron chi connectivity index (χ1n) is 11.5. The lowest BCUT2D eigenvalue weighted by Crippen LogP contribution is -2.11. The molecule has 0 aliphatic carbocycles. The Morgan fingerprint density at radius 3 is 1.34 bits per heavy atom. The van der Waals surface area contributed by atoms with Crippen molar-refractivity contribution in [2.45, 2.75) is 45.4 Å². The van der Waals surface area contributed by atoms with Crippen molar-refractivity contribution in [2.75, 3.05) is 0 Å². The smallest absolute Gasteiger partial charge is 0.119 e. The molecule has 4 rings (SSSR count). The predicted octanol–water partition coefficient (Wildman–Crippen LogP) is 8.16. The van der Waals surface area contributed by atoms with E-state index in [4.69, 9.17) is 0 Å². The molecule has 3 unspecified atom stereocenters. The Kier molecular flexibility index (Phi) is 6.46. The first kappa shape index (κ1) is 21.9. The van der Waals surface area contributed by atoms with Crippen molar-refractivity contribution in [2.24, 2.45) is 0 Å². The second-order valence-electron chi connectivity index (χ2n) is 8.83. The van der Waals surface area contributed by atoms with Gasteiger partial charge in [0, 0.05) is 23.3 Å². The number of rotatable bonds is 6. The largest absolute Gasteiger partial charge is 0.508 e. The topological polar surface area (TPSA) is 20.2 Å². The molecule has 162 valence electrons. The van der Waals surface area contributed by atoms with Gasteiger partial charge < -0.3 is 5.11 Å². The molecule has 4 aromatic rings. The molecule has 4 aromatic carbocycles. The maximum Gasteiger partial charge on any atom is 0.119 e. The summed E-state index contributed by atoms with van der Waals surface area (Å²) in [6, 6.07) is 33.7. The molecule has 0 aliphatic heterocycles. The summed E-state index contributed by atoms with van der Waals surface area (Å²) in [4.78, 5) is 0. The van der Waals surface area contributed by atoms with Gasteiger partial charge in [0.05, 0.1) is 0 Å². The van der Waals surface area contributed by atoms with Crippen LogP contribution in [0.5, 0.6) is 5.75 Å².